The Morgan fingerprint density at radius 1 is 1.35 bits per heavy atom. The van der Waals surface area contributed by atoms with Crippen molar-refractivity contribution < 1.29 is 5.11 Å². The van der Waals surface area contributed by atoms with E-state index in [4.69, 9.17) is 11.6 Å². The average Bonchev–Trinajstić information content (AvgIpc) is 2.64. The van der Waals surface area contributed by atoms with E-state index in [1.165, 1.54) is 4.88 Å². The Hall–Kier alpha value is -0.350. The molecule has 0 aliphatic heterocycles. The molecular weight excluding hydrogens is 320 g/mol. The van der Waals surface area contributed by atoms with E-state index in [1.807, 2.05) is 30.5 Å². The minimum atomic E-state index is -1.05. The van der Waals surface area contributed by atoms with Crippen LogP contribution in [0.15, 0.2) is 34.1 Å². The van der Waals surface area contributed by atoms with E-state index in [-0.39, 0.29) is 0 Å². The Balaban J connectivity index is 2.51. The molecule has 0 spiro atoms. The molecule has 2 aromatic rings. The molecule has 0 saturated carbocycles. The quantitative estimate of drug-likeness (QED) is 0.843. The van der Waals surface area contributed by atoms with Gasteiger partial charge in [0, 0.05) is 19.9 Å². The molecular formula is C13H12BrClOS. The molecule has 1 nitrogen and oxygen atoms in total. The molecule has 1 aromatic carbocycles. The SMILES string of the molecule is Cc1cc(C(C)(O)c2ccc(Br)cc2Cl)cs1. The summed E-state index contributed by atoms with van der Waals surface area (Å²) in [5.41, 5.74) is 0.548. The molecule has 0 fully saturated rings. The van der Waals surface area contributed by atoms with Crippen molar-refractivity contribution in [3.05, 3.63) is 55.1 Å². The van der Waals surface area contributed by atoms with Gasteiger partial charge in [-0.25, -0.2) is 0 Å². The summed E-state index contributed by atoms with van der Waals surface area (Å²) in [6.07, 6.45) is 0. The molecule has 0 bridgehead atoms. The summed E-state index contributed by atoms with van der Waals surface area (Å²) in [6.45, 7) is 3.79. The largest absolute Gasteiger partial charge is 0.381 e. The molecule has 1 aromatic heterocycles. The van der Waals surface area contributed by atoms with Crippen molar-refractivity contribution in [1.82, 2.24) is 0 Å². The average molecular weight is 332 g/mol. The summed E-state index contributed by atoms with van der Waals surface area (Å²) >= 11 is 11.2. The standard InChI is InChI=1S/C13H12BrClOS/c1-8-5-9(7-17-8)13(2,16)11-4-3-10(14)6-12(11)15/h3-7,16H,1-2H3. The van der Waals surface area contributed by atoms with Crippen LogP contribution in [0, 0.1) is 6.92 Å². The van der Waals surface area contributed by atoms with Crippen LogP contribution in [0.5, 0.6) is 0 Å². The van der Waals surface area contributed by atoms with Crippen LogP contribution in [0.4, 0.5) is 0 Å². The Kier molecular flexibility index (Phi) is 3.64. The summed E-state index contributed by atoms with van der Waals surface area (Å²) in [5.74, 6) is 0. The topological polar surface area (TPSA) is 20.2 Å². The molecule has 4 heteroatoms. The summed E-state index contributed by atoms with van der Waals surface area (Å²) in [5, 5.41) is 13.2. The lowest BCUT2D eigenvalue weighted by molar-refractivity contribution is 0.103. The highest BCUT2D eigenvalue weighted by atomic mass is 79.9. The van der Waals surface area contributed by atoms with Crippen LogP contribution in [-0.2, 0) is 5.60 Å². The van der Waals surface area contributed by atoms with Crippen LogP contribution in [0.2, 0.25) is 5.02 Å². The van der Waals surface area contributed by atoms with Gasteiger partial charge in [0.15, 0.2) is 0 Å². The van der Waals surface area contributed by atoms with Crippen LogP contribution in [-0.4, -0.2) is 5.11 Å². The molecule has 1 N–H and O–H groups in total. The molecule has 17 heavy (non-hydrogen) atoms. The number of aliphatic hydroxyl groups is 1. The van der Waals surface area contributed by atoms with Gasteiger partial charge in [-0.15, -0.1) is 11.3 Å². The Morgan fingerprint density at radius 3 is 2.59 bits per heavy atom. The summed E-state index contributed by atoms with van der Waals surface area (Å²) in [6, 6.07) is 7.52. The van der Waals surface area contributed by atoms with Gasteiger partial charge in [0.1, 0.15) is 5.60 Å². The number of hydrogen-bond acceptors (Lipinski definition) is 2. The fraction of sp³-hybridized carbons (Fsp3) is 0.231. The van der Waals surface area contributed by atoms with Gasteiger partial charge in [-0.2, -0.15) is 0 Å². The zero-order chi connectivity index (χ0) is 12.6. The maximum Gasteiger partial charge on any atom is 0.114 e. The van der Waals surface area contributed by atoms with Gasteiger partial charge < -0.3 is 5.11 Å². The van der Waals surface area contributed by atoms with Gasteiger partial charge >= 0.3 is 0 Å². The monoisotopic (exact) mass is 330 g/mol. The second-order valence-corrected chi connectivity index (χ2v) is 6.58. The number of benzene rings is 1. The van der Waals surface area contributed by atoms with Gasteiger partial charge in [0.2, 0.25) is 0 Å². The molecule has 0 radical (unpaired) electrons. The predicted octanol–water partition coefficient (Wildman–Crippen LogP) is 4.73. The summed E-state index contributed by atoms with van der Waals surface area (Å²) in [4.78, 5) is 1.17. The lowest BCUT2D eigenvalue weighted by Gasteiger charge is -2.24. The fourth-order valence-electron chi connectivity index (χ4n) is 1.74. The van der Waals surface area contributed by atoms with Crippen LogP contribution in [0.3, 0.4) is 0 Å². The first-order chi connectivity index (χ1) is 7.91. The first kappa shape index (κ1) is 13.1. The Morgan fingerprint density at radius 2 is 2.06 bits per heavy atom. The van der Waals surface area contributed by atoms with E-state index in [0.29, 0.717) is 5.02 Å². The van der Waals surface area contributed by atoms with Crippen molar-refractivity contribution in [2.45, 2.75) is 19.4 Å². The maximum absolute atomic E-state index is 10.6. The van der Waals surface area contributed by atoms with Crippen molar-refractivity contribution in [1.29, 1.82) is 0 Å². The van der Waals surface area contributed by atoms with E-state index in [0.717, 1.165) is 15.6 Å². The maximum atomic E-state index is 10.6. The first-order valence-corrected chi connectivity index (χ1v) is 7.20. The first-order valence-electron chi connectivity index (χ1n) is 5.15. The molecule has 1 heterocycles. The van der Waals surface area contributed by atoms with E-state index >= 15 is 0 Å². The number of halogens is 2. The third-order valence-electron chi connectivity index (χ3n) is 2.75. The third kappa shape index (κ3) is 2.58. The molecule has 0 amide bonds. The van der Waals surface area contributed by atoms with Crippen molar-refractivity contribution in [2.75, 3.05) is 0 Å². The number of thiophene rings is 1. The summed E-state index contributed by atoms with van der Waals surface area (Å²) in [7, 11) is 0. The zero-order valence-electron chi connectivity index (χ0n) is 9.50. The van der Waals surface area contributed by atoms with Crippen LogP contribution < -0.4 is 0 Å². The van der Waals surface area contributed by atoms with Crippen molar-refractivity contribution in [3.63, 3.8) is 0 Å². The van der Waals surface area contributed by atoms with Gasteiger partial charge in [-0.1, -0.05) is 33.6 Å². The molecule has 0 aliphatic carbocycles. The van der Waals surface area contributed by atoms with Crippen LogP contribution >= 0.6 is 38.9 Å². The van der Waals surface area contributed by atoms with E-state index in [9.17, 15) is 5.11 Å². The highest BCUT2D eigenvalue weighted by molar-refractivity contribution is 9.10. The molecule has 0 aliphatic rings. The van der Waals surface area contributed by atoms with Crippen LogP contribution in [0.1, 0.15) is 22.9 Å². The minimum absolute atomic E-state index is 0.563. The van der Waals surface area contributed by atoms with Gasteiger partial charge in [0.05, 0.1) is 0 Å². The molecule has 0 saturated heterocycles. The van der Waals surface area contributed by atoms with Crippen LogP contribution in [0.25, 0.3) is 0 Å². The van der Waals surface area contributed by atoms with Gasteiger partial charge in [-0.3, -0.25) is 0 Å². The lowest BCUT2D eigenvalue weighted by Crippen LogP contribution is -2.22. The van der Waals surface area contributed by atoms with Crippen molar-refractivity contribution in [2.24, 2.45) is 0 Å². The number of rotatable bonds is 2. The fourth-order valence-corrected chi connectivity index (χ4v) is 3.40. The Labute approximate surface area is 118 Å². The molecule has 1 atom stereocenters. The zero-order valence-corrected chi connectivity index (χ0v) is 12.7. The number of hydrogen-bond donors (Lipinski definition) is 1. The summed E-state index contributed by atoms with van der Waals surface area (Å²) < 4.78 is 0.906. The van der Waals surface area contributed by atoms with Crippen molar-refractivity contribution >= 4 is 38.9 Å². The second kappa shape index (κ2) is 4.73. The molecule has 1 unspecified atom stereocenters. The van der Waals surface area contributed by atoms with E-state index in [1.54, 1.807) is 24.3 Å². The number of aryl methyl sites for hydroxylation is 1. The second-order valence-electron chi connectivity index (χ2n) is 4.14. The van der Waals surface area contributed by atoms with Gasteiger partial charge in [0.25, 0.3) is 0 Å². The van der Waals surface area contributed by atoms with E-state index in [2.05, 4.69) is 15.9 Å². The lowest BCUT2D eigenvalue weighted by atomic mass is 9.90. The third-order valence-corrected chi connectivity index (χ3v) is 4.42. The normalized spacial score (nSPS) is 14.6. The molecule has 90 valence electrons. The van der Waals surface area contributed by atoms with Gasteiger partial charge in [-0.05, 0) is 43.0 Å². The minimum Gasteiger partial charge on any atom is -0.381 e. The molecule has 2 rings (SSSR count). The Bertz CT molecular complexity index is 548. The van der Waals surface area contributed by atoms with E-state index < -0.39 is 5.60 Å². The smallest absolute Gasteiger partial charge is 0.114 e. The van der Waals surface area contributed by atoms with Crippen molar-refractivity contribution in [3.8, 4) is 0 Å². The highest BCUT2D eigenvalue weighted by Crippen LogP contribution is 2.36. The predicted molar refractivity (Wildman–Crippen MR) is 76.9 cm³/mol. The highest BCUT2D eigenvalue weighted by Gasteiger charge is 2.28.